The van der Waals surface area contributed by atoms with Gasteiger partial charge >= 0.3 is 0 Å². The van der Waals surface area contributed by atoms with Crippen molar-refractivity contribution in [3.63, 3.8) is 0 Å². The Hall–Kier alpha value is 0.320. The van der Waals surface area contributed by atoms with Crippen LogP contribution in [0, 0.1) is 0 Å². The van der Waals surface area contributed by atoms with Gasteiger partial charge < -0.3 is 15.1 Å². The normalized spacial score (nSPS) is 18.4. The summed E-state index contributed by atoms with van der Waals surface area (Å²) < 4.78 is 0. The topological polar surface area (TPSA) is 35.6 Å². The summed E-state index contributed by atoms with van der Waals surface area (Å²) in [5, 5.41) is 3.31. The van der Waals surface area contributed by atoms with Crippen molar-refractivity contribution >= 4 is 42.5 Å². The third kappa shape index (κ3) is 7.93. The number of amides is 1. The van der Waals surface area contributed by atoms with E-state index >= 15 is 0 Å². The van der Waals surface area contributed by atoms with Crippen LogP contribution in [0.2, 0.25) is 0 Å². The molecule has 122 valence electrons. The van der Waals surface area contributed by atoms with Gasteiger partial charge in [-0.05, 0) is 20.0 Å². The number of carbonyl (C=O) groups excluding carboxylic acids is 1. The number of nitrogens with zero attached hydrogens (tertiary/aromatic N) is 2. The van der Waals surface area contributed by atoms with Crippen molar-refractivity contribution in [3.05, 3.63) is 0 Å². The molecule has 0 aromatic heterocycles. The van der Waals surface area contributed by atoms with Gasteiger partial charge in [-0.2, -0.15) is 11.8 Å². The molecule has 20 heavy (non-hydrogen) atoms. The largest absolute Gasteiger partial charge is 0.337 e. The first-order valence-electron chi connectivity index (χ1n) is 6.99. The molecular formula is C13H29Cl2N3OS. The zero-order valence-corrected chi connectivity index (χ0v) is 15.2. The van der Waals surface area contributed by atoms with Crippen LogP contribution in [-0.2, 0) is 4.79 Å². The maximum absolute atomic E-state index is 12.1. The predicted octanol–water partition coefficient (Wildman–Crippen LogP) is 1.73. The SMILES string of the molecule is CCN(CC)CCSCC(=O)N1CCNC[C@@H]1C.Cl.Cl. The molecule has 1 heterocycles. The number of hydrogen-bond acceptors (Lipinski definition) is 4. The average molecular weight is 346 g/mol. The fourth-order valence-electron chi connectivity index (χ4n) is 2.19. The Morgan fingerprint density at radius 2 is 2.00 bits per heavy atom. The van der Waals surface area contributed by atoms with E-state index in [0.29, 0.717) is 17.7 Å². The monoisotopic (exact) mass is 345 g/mol. The lowest BCUT2D eigenvalue weighted by molar-refractivity contribution is -0.131. The van der Waals surface area contributed by atoms with Gasteiger partial charge in [0.1, 0.15) is 0 Å². The Morgan fingerprint density at radius 1 is 1.35 bits per heavy atom. The van der Waals surface area contributed by atoms with Gasteiger partial charge in [0.15, 0.2) is 0 Å². The molecule has 1 N–H and O–H groups in total. The van der Waals surface area contributed by atoms with Gasteiger partial charge in [-0.25, -0.2) is 0 Å². The summed E-state index contributed by atoms with van der Waals surface area (Å²) >= 11 is 1.76. The van der Waals surface area contributed by atoms with E-state index in [4.69, 9.17) is 0 Å². The van der Waals surface area contributed by atoms with Crippen LogP contribution in [0.4, 0.5) is 0 Å². The molecule has 1 atom stereocenters. The highest BCUT2D eigenvalue weighted by Crippen LogP contribution is 2.08. The summed E-state index contributed by atoms with van der Waals surface area (Å²) in [6, 6.07) is 0.342. The molecule has 0 spiro atoms. The minimum Gasteiger partial charge on any atom is -0.337 e. The number of nitrogens with one attached hydrogen (secondary N) is 1. The summed E-state index contributed by atoms with van der Waals surface area (Å²) in [6.07, 6.45) is 0. The molecule has 1 amide bonds. The van der Waals surface area contributed by atoms with Gasteiger partial charge in [0, 0.05) is 38.0 Å². The van der Waals surface area contributed by atoms with E-state index in [1.807, 2.05) is 4.90 Å². The van der Waals surface area contributed by atoms with Gasteiger partial charge in [-0.15, -0.1) is 24.8 Å². The molecule has 7 heteroatoms. The van der Waals surface area contributed by atoms with Gasteiger partial charge in [-0.3, -0.25) is 4.79 Å². The molecule has 1 fully saturated rings. The maximum Gasteiger partial charge on any atom is 0.232 e. The third-order valence-electron chi connectivity index (χ3n) is 3.49. The van der Waals surface area contributed by atoms with Crippen LogP contribution in [0.15, 0.2) is 0 Å². The van der Waals surface area contributed by atoms with Crippen LogP contribution in [0.3, 0.4) is 0 Å². The maximum atomic E-state index is 12.1. The first-order valence-corrected chi connectivity index (χ1v) is 8.14. The smallest absolute Gasteiger partial charge is 0.232 e. The molecule has 0 aromatic carbocycles. The lowest BCUT2D eigenvalue weighted by Crippen LogP contribution is -2.52. The fraction of sp³-hybridized carbons (Fsp3) is 0.923. The molecule has 1 rings (SSSR count). The highest BCUT2D eigenvalue weighted by molar-refractivity contribution is 7.99. The highest BCUT2D eigenvalue weighted by Gasteiger charge is 2.22. The van der Waals surface area contributed by atoms with Gasteiger partial charge in [0.05, 0.1) is 5.75 Å². The number of hydrogen-bond donors (Lipinski definition) is 1. The van der Waals surface area contributed by atoms with Crippen molar-refractivity contribution in [3.8, 4) is 0 Å². The summed E-state index contributed by atoms with van der Waals surface area (Å²) in [5.41, 5.74) is 0. The van der Waals surface area contributed by atoms with Crippen molar-refractivity contribution in [2.24, 2.45) is 0 Å². The Bertz CT molecular complexity index is 256. The van der Waals surface area contributed by atoms with E-state index in [0.717, 1.165) is 45.0 Å². The second-order valence-corrected chi connectivity index (χ2v) is 5.82. The molecule has 0 unspecified atom stereocenters. The molecule has 1 aliphatic rings. The summed E-state index contributed by atoms with van der Waals surface area (Å²) in [4.78, 5) is 16.5. The molecule has 0 aliphatic carbocycles. The number of thioether (sulfide) groups is 1. The fourth-order valence-corrected chi connectivity index (χ4v) is 3.06. The first-order chi connectivity index (χ1) is 8.69. The summed E-state index contributed by atoms with van der Waals surface area (Å²) in [7, 11) is 0. The Morgan fingerprint density at radius 3 is 2.55 bits per heavy atom. The van der Waals surface area contributed by atoms with Crippen molar-refractivity contribution in [2.45, 2.75) is 26.8 Å². The second-order valence-electron chi connectivity index (χ2n) is 4.72. The molecule has 1 saturated heterocycles. The summed E-state index contributed by atoms with van der Waals surface area (Å²) in [5.74, 6) is 1.98. The van der Waals surface area contributed by atoms with Crippen LogP contribution < -0.4 is 5.32 Å². The van der Waals surface area contributed by atoms with Gasteiger partial charge in [0.2, 0.25) is 5.91 Å². The number of carbonyl (C=O) groups is 1. The first kappa shape index (κ1) is 22.6. The molecule has 0 bridgehead atoms. The van der Waals surface area contributed by atoms with Gasteiger partial charge in [-0.1, -0.05) is 13.8 Å². The van der Waals surface area contributed by atoms with Crippen molar-refractivity contribution in [2.75, 3.05) is 50.8 Å². The van der Waals surface area contributed by atoms with E-state index in [9.17, 15) is 4.79 Å². The van der Waals surface area contributed by atoms with Crippen molar-refractivity contribution in [1.29, 1.82) is 0 Å². The van der Waals surface area contributed by atoms with Crippen LogP contribution in [0.1, 0.15) is 20.8 Å². The Balaban J connectivity index is 0. The number of halogens is 2. The van der Waals surface area contributed by atoms with E-state index in [-0.39, 0.29) is 24.8 Å². The molecule has 1 aliphatic heterocycles. The molecule has 4 nitrogen and oxygen atoms in total. The Kier molecular flexibility index (Phi) is 14.7. The minimum absolute atomic E-state index is 0. The van der Waals surface area contributed by atoms with E-state index in [2.05, 4.69) is 31.0 Å². The number of piperazine rings is 1. The lowest BCUT2D eigenvalue weighted by Gasteiger charge is -2.34. The third-order valence-corrected chi connectivity index (χ3v) is 4.42. The van der Waals surface area contributed by atoms with E-state index in [1.54, 1.807) is 11.8 Å². The summed E-state index contributed by atoms with van der Waals surface area (Å²) in [6.45, 7) is 12.5. The average Bonchev–Trinajstić information content (AvgIpc) is 2.39. The molecular weight excluding hydrogens is 317 g/mol. The molecule has 0 saturated carbocycles. The van der Waals surface area contributed by atoms with Crippen LogP contribution in [-0.4, -0.2) is 72.5 Å². The van der Waals surface area contributed by atoms with Crippen molar-refractivity contribution in [1.82, 2.24) is 15.1 Å². The van der Waals surface area contributed by atoms with E-state index < -0.39 is 0 Å². The minimum atomic E-state index is 0. The standard InChI is InChI=1S/C13H27N3OS.2ClH/c1-4-15(5-2)8-9-18-11-13(17)16-7-6-14-10-12(16)3;;/h12,14H,4-11H2,1-3H3;2*1H/t12-;;/m0../s1. The number of rotatable bonds is 7. The van der Waals surface area contributed by atoms with E-state index in [1.165, 1.54) is 0 Å². The molecule has 0 aromatic rings. The predicted molar refractivity (Wildman–Crippen MR) is 93.7 cm³/mol. The highest BCUT2D eigenvalue weighted by atomic mass is 35.5. The van der Waals surface area contributed by atoms with Gasteiger partial charge in [0.25, 0.3) is 0 Å². The van der Waals surface area contributed by atoms with Crippen LogP contribution in [0.5, 0.6) is 0 Å². The quantitative estimate of drug-likeness (QED) is 0.712. The Labute approximate surface area is 140 Å². The molecule has 0 radical (unpaired) electrons. The zero-order chi connectivity index (χ0) is 13.4. The zero-order valence-electron chi connectivity index (χ0n) is 12.8. The van der Waals surface area contributed by atoms with Crippen molar-refractivity contribution < 1.29 is 4.79 Å². The van der Waals surface area contributed by atoms with Crippen LogP contribution >= 0.6 is 36.6 Å². The van der Waals surface area contributed by atoms with Crippen LogP contribution in [0.25, 0.3) is 0 Å². The lowest BCUT2D eigenvalue weighted by atomic mass is 10.2. The second kappa shape index (κ2) is 13.0.